The van der Waals surface area contributed by atoms with Crippen molar-refractivity contribution in [2.24, 2.45) is 5.92 Å². The van der Waals surface area contributed by atoms with Gasteiger partial charge < -0.3 is 20.1 Å². The van der Waals surface area contributed by atoms with Crippen molar-refractivity contribution in [3.63, 3.8) is 0 Å². The van der Waals surface area contributed by atoms with Gasteiger partial charge in [-0.25, -0.2) is 0 Å². The van der Waals surface area contributed by atoms with Crippen LogP contribution in [0.25, 0.3) is 11.3 Å². The second-order valence-electron chi connectivity index (χ2n) is 10.6. The molecule has 2 aromatic carbocycles. The quantitative estimate of drug-likeness (QED) is 0.323. The largest absolute Gasteiger partial charge is 0.496 e. The number of rotatable bonds is 13. The van der Waals surface area contributed by atoms with E-state index in [0.29, 0.717) is 36.1 Å². The van der Waals surface area contributed by atoms with Crippen LogP contribution in [0.2, 0.25) is 0 Å². The summed E-state index contributed by atoms with van der Waals surface area (Å²) in [5.41, 5.74) is 2.95. The van der Waals surface area contributed by atoms with E-state index in [0.717, 1.165) is 36.9 Å². The zero-order chi connectivity index (χ0) is 27.8. The predicted molar refractivity (Wildman–Crippen MR) is 152 cm³/mol. The van der Waals surface area contributed by atoms with E-state index in [1.807, 2.05) is 41.1 Å². The van der Waals surface area contributed by atoms with Gasteiger partial charge in [-0.1, -0.05) is 50.2 Å². The van der Waals surface area contributed by atoms with Gasteiger partial charge in [0.1, 0.15) is 11.5 Å². The number of methoxy groups -OCH3 is 2. The number of aromatic nitrogens is 2. The van der Waals surface area contributed by atoms with Crippen LogP contribution >= 0.6 is 0 Å². The Morgan fingerprint density at radius 3 is 2.31 bits per heavy atom. The van der Waals surface area contributed by atoms with E-state index in [9.17, 15) is 9.59 Å². The highest BCUT2D eigenvalue weighted by molar-refractivity contribution is 5.94. The molecule has 1 aromatic heterocycles. The van der Waals surface area contributed by atoms with Crippen molar-refractivity contribution in [2.75, 3.05) is 14.2 Å². The Labute approximate surface area is 231 Å². The molecule has 39 heavy (non-hydrogen) atoms. The molecule has 1 saturated carbocycles. The van der Waals surface area contributed by atoms with Gasteiger partial charge in [-0.15, -0.1) is 0 Å². The van der Waals surface area contributed by atoms with Gasteiger partial charge in [0.2, 0.25) is 5.91 Å². The third-order valence-corrected chi connectivity index (χ3v) is 7.10. The third-order valence-electron chi connectivity index (χ3n) is 7.10. The Morgan fingerprint density at radius 1 is 1.03 bits per heavy atom. The number of carbonyl (C=O) groups is 2. The second-order valence-corrected chi connectivity index (χ2v) is 10.6. The standard InChI is InChI=1S/C31H40N4O4/c1-21(2)20-35-26(30-27(38-3)14-9-15-28(30)39-4)19-25(34-35)31(37)33-24(17-16-22-10-6-5-7-11-22)18-29(36)32-23-12-8-13-23/h5-7,9-11,14-15,19,21,23-24H,8,12-13,16-18,20H2,1-4H3,(H,32,36)(H,33,37)/t24-/m0/s1. The van der Waals surface area contributed by atoms with Gasteiger partial charge in [-0.05, 0) is 61.8 Å². The summed E-state index contributed by atoms with van der Waals surface area (Å²) in [6, 6.07) is 17.4. The van der Waals surface area contributed by atoms with E-state index in [2.05, 4.69) is 36.6 Å². The molecule has 0 aliphatic heterocycles. The fraction of sp³-hybridized carbons (Fsp3) is 0.452. The lowest BCUT2D eigenvalue weighted by Gasteiger charge is -2.27. The molecule has 8 nitrogen and oxygen atoms in total. The highest BCUT2D eigenvalue weighted by Gasteiger charge is 2.25. The minimum atomic E-state index is -0.322. The van der Waals surface area contributed by atoms with Gasteiger partial charge in [0.25, 0.3) is 5.91 Å². The number of aryl methyl sites for hydroxylation is 1. The van der Waals surface area contributed by atoms with E-state index >= 15 is 0 Å². The van der Waals surface area contributed by atoms with Gasteiger partial charge in [-0.2, -0.15) is 5.10 Å². The number of carbonyl (C=O) groups excluding carboxylic acids is 2. The molecule has 1 aliphatic rings. The van der Waals surface area contributed by atoms with Crippen LogP contribution in [0.4, 0.5) is 0 Å². The zero-order valence-corrected chi connectivity index (χ0v) is 23.4. The van der Waals surface area contributed by atoms with E-state index in [4.69, 9.17) is 14.6 Å². The van der Waals surface area contributed by atoms with Crippen molar-refractivity contribution >= 4 is 11.8 Å². The van der Waals surface area contributed by atoms with E-state index in [-0.39, 0.29) is 30.3 Å². The summed E-state index contributed by atoms with van der Waals surface area (Å²) in [5, 5.41) is 10.9. The normalized spacial score (nSPS) is 14.0. The maximum atomic E-state index is 13.5. The number of hydrogen-bond donors (Lipinski definition) is 2. The summed E-state index contributed by atoms with van der Waals surface area (Å²) in [4.78, 5) is 26.3. The molecule has 8 heteroatoms. The SMILES string of the molecule is COc1cccc(OC)c1-c1cc(C(=O)N[C@@H](CCc2ccccc2)CC(=O)NC2CCC2)nn1CC(C)C. The molecule has 0 saturated heterocycles. The summed E-state index contributed by atoms with van der Waals surface area (Å²) in [6.45, 7) is 4.82. The maximum Gasteiger partial charge on any atom is 0.272 e. The molecule has 1 aliphatic carbocycles. The van der Waals surface area contributed by atoms with Crippen LogP contribution in [0.3, 0.4) is 0 Å². The van der Waals surface area contributed by atoms with Crippen molar-refractivity contribution < 1.29 is 19.1 Å². The lowest BCUT2D eigenvalue weighted by molar-refractivity contribution is -0.122. The number of amides is 2. The van der Waals surface area contributed by atoms with Crippen LogP contribution < -0.4 is 20.1 Å². The van der Waals surface area contributed by atoms with Crippen LogP contribution in [-0.2, 0) is 17.8 Å². The Hall–Kier alpha value is -3.81. The molecule has 1 heterocycles. The van der Waals surface area contributed by atoms with Crippen molar-refractivity contribution in [1.29, 1.82) is 0 Å². The minimum absolute atomic E-state index is 0.0251. The van der Waals surface area contributed by atoms with E-state index < -0.39 is 0 Å². The number of nitrogens with one attached hydrogen (secondary N) is 2. The first kappa shape index (κ1) is 28.2. The molecule has 3 aromatic rings. The molecule has 2 amide bonds. The summed E-state index contributed by atoms with van der Waals surface area (Å²) in [5.74, 6) is 1.25. The molecular formula is C31H40N4O4. The molecule has 4 rings (SSSR count). The first-order valence-electron chi connectivity index (χ1n) is 13.8. The van der Waals surface area contributed by atoms with Crippen LogP contribution in [0.1, 0.15) is 62.0 Å². The van der Waals surface area contributed by atoms with Crippen LogP contribution in [-0.4, -0.2) is 47.9 Å². The zero-order valence-electron chi connectivity index (χ0n) is 23.4. The number of hydrogen-bond acceptors (Lipinski definition) is 5. The highest BCUT2D eigenvalue weighted by atomic mass is 16.5. The Kier molecular flexibility index (Phi) is 9.63. The Bertz CT molecular complexity index is 1230. The van der Waals surface area contributed by atoms with Crippen LogP contribution in [0.15, 0.2) is 54.6 Å². The van der Waals surface area contributed by atoms with Gasteiger partial charge in [0, 0.05) is 25.0 Å². The number of ether oxygens (including phenoxy) is 2. The Morgan fingerprint density at radius 2 is 1.72 bits per heavy atom. The maximum absolute atomic E-state index is 13.5. The monoisotopic (exact) mass is 532 g/mol. The number of nitrogens with zero attached hydrogens (tertiary/aromatic N) is 2. The van der Waals surface area contributed by atoms with E-state index in [1.165, 1.54) is 5.56 Å². The molecule has 2 N–H and O–H groups in total. The Balaban J connectivity index is 1.58. The molecule has 0 spiro atoms. The van der Waals surface area contributed by atoms with Gasteiger partial charge >= 0.3 is 0 Å². The van der Waals surface area contributed by atoms with Crippen molar-refractivity contribution in [2.45, 2.75) is 71.0 Å². The molecule has 0 bridgehead atoms. The number of benzene rings is 2. The highest BCUT2D eigenvalue weighted by Crippen LogP contribution is 2.38. The summed E-state index contributed by atoms with van der Waals surface area (Å²) >= 11 is 0. The topological polar surface area (TPSA) is 94.5 Å². The fourth-order valence-corrected chi connectivity index (χ4v) is 4.85. The average molecular weight is 533 g/mol. The molecule has 208 valence electrons. The second kappa shape index (κ2) is 13.3. The molecule has 0 unspecified atom stereocenters. The van der Waals surface area contributed by atoms with Gasteiger partial charge in [-0.3, -0.25) is 14.3 Å². The van der Waals surface area contributed by atoms with Gasteiger partial charge in [0.15, 0.2) is 5.69 Å². The summed E-state index contributed by atoms with van der Waals surface area (Å²) in [7, 11) is 3.22. The minimum Gasteiger partial charge on any atom is -0.496 e. The molecular weight excluding hydrogens is 492 g/mol. The molecule has 1 fully saturated rings. The smallest absolute Gasteiger partial charge is 0.272 e. The molecule has 1 atom stereocenters. The fourth-order valence-electron chi connectivity index (χ4n) is 4.85. The lowest BCUT2D eigenvalue weighted by atomic mass is 9.93. The summed E-state index contributed by atoms with van der Waals surface area (Å²) in [6.07, 6.45) is 4.83. The predicted octanol–water partition coefficient (Wildman–Crippen LogP) is 5.01. The van der Waals surface area contributed by atoms with E-state index in [1.54, 1.807) is 20.3 Å². The van der Waals surface area contributed by atoms with Crippen molar-refractivity contribution in [1.82, 2.24) is 20.4 Å². The summed E-state index contributed by atoms with van der Waals surface area (Å²) < 4.78 is 13.1. The van der Waals surface area contributed by atoms with Crippen LogP contribution in [0.5, 0.6) is 11.5 Å². The van der Waals surface area contributed by atoms with Crippen molar-refractivity contribution in [3.05, 3.63) is 65.9 Å². The van der Waals surface area contributed by atoms with Gasteiger partial charge in [0.05, 0.1) is 25.5 Å². The first-order valence-corrected chi connectivity index (χ1v) is 13.8. The first-order chi connectivity index (χ1) is 18.9. The molecule has 0 radical (unpaired) electrons. The average Bonchev–Trinajstić information content (AvgIpc) is 3.32. The lowest BCUT2D eigenvalue weighted by Crippen LogP contribution is -2.44. The van der Waals surface area contributed by atoms with Crippen molar-refractivity contribution in [3.8, 4) is 22.8 Å². The third kappa shape index (κ3) is 7.40. The van der Waals surface area contributed by atoms with Crippen LogP contribution in [0, 0.1) is 5.92 Å².